The van der Waals surface area contributed by atoms with Crippen LogP contribution < -0.4 is 0 Å². The van der Waals surface area contributed by atoms with Gasteiger partial charge in [-0.25, -0.2) is 4.79 Å². The number of carbonyl (C=O) groups is 2. The molecule has 0 fully saturated rings. The summed E-state index contributed by atoms with van der Waals surface area (Å²) >= 11 is 0. The Hall–Kier alpha value is -1.92. The zero-order valence-corrected chi connectivity index (χ0v) is 12.8. The van der Waals surface area contributed by atoms with Gasteiger partial charge in [-0.2, -0.15) is 8.78 Å². The van der Waals surface area contributed by atoms with Crippen molar-refractivity contribution in [2.24, 2.45) is 0 Å². The van der Waals surface area contributed by atoms with Gasteiger partial charge in [0, 0.05) is 12.1 Å². The molecule has 0 aromatic carbocycles. The van der Waals surface area contributed by atoms with Crippen molar-refractivity contribution in [2.45, 2.75) is 45.8 Å². The van der Waals surface area contributed by atoms with Crippen molar-refractivity contribution in [1.82, 2.24) is 4.90 Å². The smallest absolute Gasteiger partial charge is 0.410 e. The average molecular weight is 315 g/mol. The van der Waals surface area contributed by atoms with Crippen LogP contribution in [-0.2, 0) is 14.3 Å². The quantitative estimate of drug-likeness (QED) is 0.786. The summed E-state index contributed by atoms with van der Waals surface area (Å²) in [5, 5.41) is 0. The molecule has 2 rings (SSSR count). The van der Waals surface area contributed by atoms with Crippen LogP contribution >= 0.6 is 0 Å². The molecule has 0 aromatic heterocycles. The molecule has 5 nitrogen and oxygen atoms in total. The fourth-order valence-electron chi connectivity index (χ4n) is 2.39. The fourth-order valence-corrected chi connectivity index (χ4v) is 2.39. The lowest BCUT2D eigenvalue weighted by Gasteiger charge is -2.33. The van der Waals surface area contributed by atoms with Crippen LogP contribution in [0.2, 0.25) is 0 Å². The van der Waals surface area contributed by atoms with Gasteiger partial charge in [-0.05, 0) is 38.8 Å². The highest BCUT2D eigenvalue weighted by atomic mass is 19.3. The number of ketones is 1. The summed E-state index contributed by atoms with van der Waals surface area (Å²) in [6.07, 6.45) is 1.21. The van der Waals surface area contributed by atoms with Crippen LogP contribution in [0, 0.1) is 0 Å². The predicted molar refractivity (Wildman–Crippen MR) is 74.2 cm³/mol. The summed E-state index contributed by atoms with van der Waals surface area (Å²) in [6, 6.07) is 0. The fraction of sp³-hybridized carbons (Fsp3) is 0.600. The second kappa shape index (κ2) is 6.06. The highest BCUT2D eigenvalue weighted by Gasteiger charge is 2.32. The molecule has 122 valence electrons. The summed E-state index contributed by atoms with van der Waals surface area (Å²) < 4.78 is 34.1. The largest absolute Gasteiger partial charge is 0.444 e. The van der Waals surface area contributed by atoms with Gasteiger partial charge in [-0.1, -0.05) is 0 Å². The number of rotatable bonds is 2. The first-order valence-corrected chi connectivity index (χ1v) is 7.04. The van der Waals surface area contributed by atoms with Gasteiger partial charge in [0.25, 0.3) is 0 Å². The van der Waals surface area contributed by atoms with Gasteiger partial charge in [-0.3, -0.25) is 4.79 Å². The van der Waals surface area contributed by atoms with Gasteiger partial charge < -0.3 is 14.4 Å². The maximum Gasteiger partial charge on any atom is 0.410 e. The maximum absolute atomic E-state index is 12.2. The number of ether oxygens (including phenoxy) is 2. The summed E-state index contributed by atoms with van der Waals surface area (Å²) in [6.45, 7) is 2.87. The van der Waals surface area contributed by atoms with Gasteiger partial charge in [0.1, 0.15) is 11.4 Å². The Labute approximate surface area is 127 Å². The molecule has 0 saturated carbocycles. The molecule has 2 aliphatic rings. The Bertz CT molecular complexity index is 546. The van der Waals surface area contributed by atoms with Crippen molar-refractivity contribution in [1.29, 1.82) is 0 Å². The SMILES string of the molecule is CC(C)(C)OC(=O)N1CCC2=C(C1)C(=O)CC(OC(F)F)=C2. The number of allylic oxidation sites excluding steroid dienone is 2. The van der Waals surface area contributed by atoms with Gasteiger partial charge in [0.2, 0.25) is 0 Å². The highest BCUT2D eigenvalue weighted by molar-refractivity contribution is 6.00. The van der Waals surface area contributed by atoms with Crippen molar-refractivity contribution in [3.63, 3.8) is 0 Å². The van der Waals surface area contributed by atoms with Gasteiger partial charge >= 0.3 is 12.7 Å². The number of amides is 1. The summed E-state index contributed by atoms with van der Waals surface area (Å²) in [5.41, 5.74) is 0.519. The first-order chi connectivity index (χ1) is 10.2. The molecule has 0 unspecified atom stereocenters. The second-order valence-electron chi connectivity index (χ2n) is 6.24. The lowest BCUT2D eigenvalue weighted by Crippen LogP contribution is -2.42. The first-order valence-electron chi connectivity index (χ1n) is 7.04. The summed E-state index contributed by atoms with van der Waals surface area (Å²) in [5.74, 6) is -0.314. The van der Waals surface area contributed by atoms with Crippen LogP contribution in [0.25, 0.3) is 0 Å². The molecule has 1 aliphatic carbocycles. The van der Waals surface area contributed by atoms with E-state index in [1.807, 2.05) is 0 Å². The second-order valence-corrected chi connectivity index (χ2v) is 6.24. The zero-order chi connectivity index (χ0) is 16.5. The standard InChI is InChI=1S/C15H19F2NO4/c1-15(2,3)22-14(20)18-5-4-9-6-10(21-13(16)17)7-12(19)11(9)8-18/h6,13H,4-5,7-8H2,1-3H3. The van der Waals surface area contributed by atoms with Crippen LogP contribution in [0.3, 0.4) is 0 Å². The molecule has 7 heteroatoms. The Morgan fingerprint density at radius 1 is 1.36 bits per heavy atom. The van der Waals surface area contributed by atoms with Crippen LogP contribution in [0.1, 0.15) is 33.6 Å². The van der Waals surface area contributed by atoms with Crippen molar-refractivity contribution >= 4 is 11.9 Å². The third-order valence-corrected chi connectivity index (χ3v) is 3.29. The molecule has 0 spiro atoms. The lowest BCUT2D eigenvalue weighted by atomic mass is 9.90. The van der Waals surface area contributed by atoms with E-state index in [0.29, 0.717) is 24.1 Å². The van der Waals surface area contributed by atoms with E-state index in [1.165, 1.54) is 11.0 Å². The number of hydrogen-bond acceptors (Lipinski definition) is 4. The summed E-state index contributed by atoms with van der Waals surface area (Å²) in [4.78, 5) is 25.6. The van der Waals surface area contributed by atoms with Crippen LogP contribution in [0.15, 0.2) is 23.0 Å². The Morgan fingerprint density at radius 2 is 2.05 bits per heavy atom. The number of nitrogens with zero attached hydrogens (tertiary/aromatic N) is 1. The zero-order valence-electron chi connectivity index (χ0n) is 12.8. The molecule has 0 bridgehead atoms. The third kappa shape index (κ3) is 4.05. The first kappa shape index (κ1) is 16.5. The molecule has 0 atom stereocenters. The van der Waals surface area contributed by atoms with Crippen molar-refractivity contribution in [3.05, 3.63) is 23.0 Å². The van der Waals surface area contributed by atoms with Crippen molar-refractivity contribution in [2.75, 3.05) is 13.1 Å². The maximum atomic E-state index is 12.2. The van der Waals surface area contributed by atoms with Gasteiger partial charge in [0.15, 0.2) is 5.78 Å². The Balaban J connectivity index is 2.11. The lowest BCUT2D eigenvalue weighted by molar-refractivity contribution is -0.120. The summed E-state index contributed by atoms with van der Waals surface area (Å²) in [7, 11) is 0. The number of hydrogen-bond donors (Lipinski definition) is 0. The van der Waals surface area contributed by atoms with Gasteiger partial charge in [0.05, 0.1) is 13.0 Å². The molecule has 0 N–H and O–H groups in total. The molecular weight excluding hydrogens is 296 g/mol. The van der Waals surface area contributed by atoms with Crippen molar-refractivity contribution in [3.8, 4) is 0 Å². The molecular formula is C15H19F2NO4. The molecule has 1 aliphatic heterocycles. The molecule has 1 heterocycles. The predicted octanol–water partition coefficient (Wildman–Crippen LogP) is 3.02. The van der Waals surface area contributed by atoms with Crippen LogP contribution in [0.4, 0.5) is 13.6 Å². The third-order valence-electron chi connectivity index (χ3n) is 3.29. The Kier molecular flexibility index (Phi) is 4.53. The van der Waals surface area contributed by atoms with Crippen LogP contribution in [0.5, 0.6) is 0 Å². The van der Waals surface area contributed by atoms with E-state index in [4.69, 9.17) is 4.74 Å². The molecule has 1 amide bonds. The number of carbonyl (C=O) groups excluding carboxylic acids is 2. The van der Waals surface area contributed by atoms with Crippen molar-refractivity contribution < 1.29 is 27.8 Å². The van der Waals surface area contributed by atoms with E-state index in [-0.39, 0.29) is 24.5 Å². The van der Waals surface area contributed by atoms with Gasteiger partial charge in [-0.15, -0.1) is 0 Å². The minimum absolute atomic E-state index is 0.0236. The van der Waals surface area contributed by atoms with Crippen LogP contribution in [-0.4, -0.2) is 42.1 Å². The van der Waals surface area contributed by atoms with E-state index in [2.05, 4.69) is 4.74 Å². The van der Waals surface area contributed by atoms with E-state index < -0.39 is 18.3 Å². The average Bonchev–Trinajstić information content (AvgIpc) is 2.35. The van der Waals surface area contributed by atoms with E-state index in [1.54, 1.807) is 20.8 Å². The molecule has 22 heavy (non-hydrogen) atoms. The number of alkyl halides is 2. The monoisotopic (exact) mass is 315 g/mol. The van der Waals surface area contributed by atoms with E-state index in [9.17, 15) is 18.4 Å². The minimum Gasteiger partial charge on any atom is -0.444 e. The highest BCUT2D eigenvalue weighted by Crippen LogP contribution is 2.29. The minimum atomic E-state index is -2.94. The molecule has 0 saturated heterocycles. The normalized spacial score (nSPS) is 19.1. The van der Waals surface area contributed by atoms with E-state index in [0.717, 1.165) is 0 Å². The topological polar surface area (TPSA) is 55.8 Å². The molecule has 0 radical (unpaired) electrons. The number of Topliss-reactive ketones (excluding diaryl/α,β-unsaturated/α-hetero) is 1. The molecule has 0 aromatic rings. The number of halogens is 2. The Morgan fingerprint density at radius 3 is 2.64 bits per heavy atom. The van der Waals surface area contributed by atoms with E-state index >= 15 is 0 Å².